The van der Waals surface area contributed by atoms with Gasteiger partial charge in [-0.05, 0) is 33.4 Å². The quantitative estimate of drug-likeness (QED) is 0.0572. The molecule has 0 aliphatic carbocycles. The van der Waals surface area contributed by atoms with Crippen LogP contribution in [-0.2, 0) is 96.5 Å². The average molecular weight is 925 g/mol. The molecule has 0 bridgehead atoms. The van der Waals surface area contributed by atoms with E-state index in [1.54, 1.807) is 7.11 Å². The van der Waals surface area contributed by atoms with Gasteiger partial charge in [0.1, 0.15) is 42.7 Å². The molecule has 12 heteroatoms. The highest BCUT2D eigenvalue weighted by Crippen LogP contribution is 2.37. The van der Waals surface area contributed by atoms with Crippen molar-refractivity contribution >= 4 is 5.97 Å². The number of methoxy groups -OCH3 is 2. The van der Waals surface area contributed by atoms with E-state index in [-0.39, 0.29) is 39.6 Å². The van der Waals surface area contributed by atoms with Crippen LogP contribution in [0.1, 0.15) is 33.4 Å². The van der Waals surface area contributed by atoms with E-state index < -0.39 is 67.4 Å². The second-order valence-electron chi connectivity index (χ2n) is 16.6. The van der Waals surface area contributed by atoms with Crippen LogP contribution in [0.15, 0.2) is 182 Å². The van der Waals surface area contributed by atoms with Crippen molar-refractivity contribution in [1.82, 2.24) is 0 Å². The molecule has 0 unspecified atom stereocenters. The molecule has 68 heavy (non-hydrogen) atoms. The van der Waals surface area contributed by atoms with Gasteiger partial charge in [0, 0.05) is 7.11 Å². The maximum atomic E-state index is 14.1. The summed E-state index contributed by atoms with van der Waals surface area (Å²) in [5.41, 5.74) is 5.56. The Balaban J connectivity index is 1.19. The van der Waals surface area contributed by atoms with Crippen LogP contribution in [-0.4, -0.2) is 88.2 Å². The van der Waals surface area contributed by atoms with Gasteiger partial charge in [-0.2, -0.15) is 0 Å². The van der Waals surface area contributed by atoms with Gasteiger partial charge in [-0.25, -0.2) is 4.79 Å². The number of hydrogen-bond acceptors (Lipinski definition) is 12. The third kappa shape index (κ3) is 13.5. The monoisotopic (exact) mass is 924 g/mol. The fraction of sp³-hybridized carbons (Fsp3) is 0.339. The maximum absolute atomic E-state index is 14.1. The zero-order chi connectivity index (χ0) is 46.8. The highest BCUT2D eigenvalue weighted by molar-refractivity contribution is 5.75. The van der Waals surface area contributed by atoms with Gasteiger partial charge in [-0.1, -0.05) is 182 Å². The summed E-state index contributed by atoms with van der Waals surface area (Å²) in [4.78, 5) is 14.1. The summed E-state index contributed by atoms with van der Waals surface area (Å²) in [7, 11) is 2.89. The fourth-order valence-corrected chi connectivity index (χ4v) is 8.36. The largest absolute Gasteiger partial charge is 0.467 e. The number of benzene rings is 6. The Morgan fingerprint density at radius 3 is 1.12 bits per heavy atom. The summed E-state index contributed by atoms with van der Waals surface area (Å²) in [6, 6.07) is 58.9. The summed E-state index contributed by atoms with van der Waals surface area (Å²) in [5.74, 6) is -0.672. The molecule has 0 saturated carbocycles. The van der Waals surface area contributed by atoms with Gasteiger partial charge < -0.3 is 52.1 Å². The first-order valence-corrected chi connectivity index (χ1v) is 23.0. The second-order valence-corrected chi connectivity index (χ2v) is 16.6. The smallest absolute Gasteiger partial charge is 0.337 e. The van der Waals surface area contributed by atoms with Crippen molar-refractivity contribution in [2.75, 3.05) is 20.8 Å². The molecule has 0 N–H and O–H groups in total. The minimum absolute atomic E-state index is 0.0649. The van der Waals surface area contributed by atoms with Gasteiger partial charge in [0.05, 0.1) is 53.4 Å². The molecule has 2 saturated heterocycles. The Morgan fingerprint density at radius 1 is 0.397 bits per heavy atom. The standard InChI is InChI=1S/C56H60O12/c1-58-54(57)51-49(62-35-42-25-13-5-14-26-42)50(63-36-43-27-15-6-16-28-43)53(65-38-45-31-19-8-20-32-45)56(68-51)67-47-46(39-60-33-40-21-9-3-10-22-40)66-55(59-2)52(64-37-44-29-17-7-18-30-44)48(47)61-34-41-23-11-4-12-24-41/h3-32,46-53,55-56H,33-39H2,1-2H3/t46-,47-,48+,49+,50+,51-,52-,53+,55+,56-/m1/s1. The summed E-state index contributed by atoms with van der Waals surface area (Å²) >= 11 is 0. The topological polar surface area (TPSA) is 119 Å². The van der Waals surface area contributed by atoms with Crippen molar-refractivity contribution < 1.29 is 56.9 Å². The Kier molecular flexibility index (Phi) is 18.4. The van der Waals surface area contributed by atoms with Gasteiger partial charge in [0.25, 0.3) is 0 Å². The van der Waals surface area contributed by atoms with Gasteiger partial charge >= 0.3 is 5.97 Å². The molecule has 6 aromatic carbocycles. The normalized spacial score (nSPS) is 24.9. The Bertz CT molecular complexity index is 2330. The predicted octanol–water partition coefficient (Wildman–Crippen LogP) is 8.78. The predicted molar refractivity (Wildman–Crippen MR) is 252 cm³/mol. The minimum Gasteiger partial charge on any atom is -0.467 e. The lowest BCUT2D eigenvalue weighted by Gasteiger charge is -2.49. The third-order valence-corrected chi connectivity index (χ3v) is 11.9. The van der Waals surface area contributed by atoms with E-state index in [2.05, 4.69) is 0 Å². The van der Waals surface area contributed by atoms with Crippen LogP contribution in [0.5, 0.6) is 0 Å². The van der Waals surface area contributed by atoms with E-state index in [0.29, 0.717) is 6.61 Å². The second kappa shape index (κ2) is 25.7. The zero-order valence-corrected chi connectivity index (χ0v) is 38.4. The van der Waals surface area contributed by atoms with Crippen LogP contribution in [0.4, 0.5) is 0 Å². The molecule has 2 aliphatic heterocycles. The highest BCUT2D eigenvalue weighted by Gasteiger charge is 2.56. The lowest BCUT2D eigenvalue weighted by Crippen LogP contribution is -2.67. The lowest BCUT2D eigenvalue weighted by molar-refractivity contribution is -0.371. The van der Waals surface area contributed by atoms with Gasteiger partial charge in [-0.3, -0.25) is 0 Å². The SMILES string of the molecule is COC(=O)[C@@H]1O[C@@H](O[C@H]2[C@H](OCc3ccccc3)[C@@H](OCc3ccccc3)[C@@H](OC)O[C@@H]2COCc2ccccc2)[C@@H](OCc2ccccc2)[C@@H](OCc2ccccc2)[C@@H]1OCc1ccccc1. The van der Waals surface area contributed by atoms with Crippen LogP contribution in [0.2, 0.25) is 0 Å². The number of carbonyl (C=O) groups is 1. The first kappa shape index (κ1) is 48.8. The van der Waals surface area contributed by atoms with Crippen molar-refractivity contribution in [3.63, 3.8) is 0 Å². The average Bonchev–Trinajstić information content (AvgIpc) is 3.40. The summed E-state index contributed by atoms with van der Waals surface area (Å²) in [6.45, 7) is 1.26. The highest BCUT2D eigenvalue weighted by atomic mass is 16.8. The Labute approximate surface area is 398 Å². The first-order chi connectivity index (χ1) is 33.6. The van der Waals surface area contributed by atoms with Crippen molar-refractivity contribution in [3.05, 3.63) is 215 Å². The minimum atomic E-state index is -1.32. The van der Waals surface area contributed by atoms with Crippen molar-refractivity contribution in [3.8, 4) is 0 Å². The number of ether oxygens (including phenoxy) is 11. The summed E-state index contributed by atoms with van der Waals surface area (Å²) in [6.07, 6.45) is -9.91. The van der Waals surface area contributed by atoms with E-state index in [4.69, 9.17) is 52.1 Å². The van der Waals surface area contributed by atoms with Gasteiger partial charge in [0.2, 0.25) is 0 Å². The van der Waals surface area contributed by atoms with Crippen LogP contribution in [0.25, 0.3) is 0 Å². The van der Waals surface area contributed by atoms with Gasteiger partial charge in [0.15, 0.2) is 18.7 Å². The Morgan fingerprint density at radius 2 is 0.735 bits per heavy atom. The van der Waals surface area contributed by atoms with E-state index in [1.807, 2.05) is 182 Å². The van der Waals surface area contributed by atoms with Crippen molar-refractivity contribution in [2.24, 2.45) is 0 Å². The molecule has 6 aromatic rings. The summed E-state index contributed by atoms with van der Waals surface area (Å²) in [5, 5.41) is 0. The Hall–Kier alpha value is -5.61. The number of carbonyl (C=O) groups excluding carboxylic acids is 1. The molecule has 0 spiro atoms. The molecular formula is C56H60O12. The molecule has 10 atom stereocenters. The number of rotatable bonds is 23. The van der Waals surface area contributed by atoms with Gasteiger partial charge in [-0.15, -0.1) is 0 Å². The lowest BCUT2D eigenvalue weighted by atomic mass is 9.95. The fourth-order valence-electron chi connectivity index (χ4n) is 8.36. The zero-order valence-electron chi connectivity index (χ0n) is 38.4. The molecular weight excluding hydrogens is 865 g/mol. The molecule has 2 heterocycles. The molecule has 8 rings (SSSR count). The van der Waals surface area contributed by atoms with E-state index >= 15 is 0 Å². The molecule has 0 radical (unpaired) electrons. The van der Waals surface area contributed by atoms with Crippen LogP contribution < -0.4 is 0 Å². The summed E-state index contributed by atoms with van der Waals surface area (Å²) < 4.78 is 72.9. The molecule has 2 aliphatic rings. The molecule has 12 nitrogen and oxygen atoms in total. The molecule has 0 aromatic heterocycles. The van der Waals surface area contributed by atoms with Crippen molar-refractivity contribution in [2.45, 2.75) is 101 Å². The molecule has 356 valence electrons. The van der Waals surface area contributed by atoms with E-state index in [9.17, 15) is 4.79 Å². The van der Waals surface area contributed by atoms with Crippen molar-refractivity contribution in [1.29, 1.82) is 0 Å². The molecule has 0 amide bonds. The van der Waals surface area contributed by atoms with Crippen LogP contribution in [0, 0.1) is 0 Å². The van der Waals surface area contributed by atoms with Crippen LogP contribution in [0.3, 0.4) is 0 Å². The van der Waals surface area contributed by atoms with E-state index in [0.717, 1.165) is 33.4 Å². The van der Waals surface area contributed by atoms with Crippen LogP contribution >= 0.6 is 0 Å². The number of esters is 1. The molecule has 2 fully saturated rings. The maximum Gasteiger partial charge on any atom is 0.337 e. The first-order valence-electron chi connectivity index (χ1n) is 23.0. The third-order valence-electron chi connectivity index (χ3n) is 11.9. The van der Waals surface area contributed by atoms with E-state index in [1.165, 1.54) is 7.11 Å². The number of hydrogen-bond donors (Lipinski definition) is 0.